The van der Waals surface area contributed by atoms with E-state index >= 15 is 0 Å². The maximum atomic E-state index is 12.0. The molecule has 0 aromatic heterocycles. The number of piperidine rings is 1. The maximum Gasteiger partial charge on any atom is 0.413 e. The fourth-order valence-corrected chi connectivity index (χ4v) is 3.63. The zero-order valence-corrected chi connectivity index (χ0v) is 16.9. The molecule has 1 saturated heterocycles. The number of carbonyl (C=O) groups excluding carboxylic acids is 1. The van der Waals surface area contributed by atoms with E-state index in [1.807, 2.05) is 18.2 Å². The lowest BCUT2D eigenvalue weighted by Gasteiger charge is -2.38. The Hall–Kier alpha value is -0.0600. The summed E-state index contributed by atoms with van der Waals surface area (Å²) in [4.78, 5) is 13.6. The minimum atomic E-state index is -2.03. The molecule has 8 heteroatoms. The number of benzene rings is 1. The molecule has 0 N–H and O–H groups in total. The summed E-state index contributed by atoms with van der Waals surface area (Å²) < 4.78 is 2.77. The zero-order valence-electron chi connectivity index (χ0n) is 13.1. The van der Waals surface area contributed by atoms with Crippen LogP contribution in [0.3, 0.4) is 0 Å². The van der Waals surface area contributed by atoms with Gasteiger partial charge >= 0.3 is 10.1 Å². The smallest absolute Gasteiger partial charge is 0.398 e. The lowest BCUT2D eigenvalue weighted by molar-refractivity contribution is 0.0659. The predicted octanol–water partition coefficient (Wildman–Crippen LogP) is 6.35. The molecule has 2 atom stereocenters. The second-order valence-corrected chi connectivity index (χ2v) is 8.92. The highest BCUT2D eigenvalue weighted by atomic mass is 35.6. The van der Waals surface area contributed by atoms with Gasteiger partial charge in [0.1, 0.15) is 0 Å². The molecule has 1 aliphatic rings. The van der Waals surface area contributed by atoms with Crippen LogP contribution in [-0.4, -0.2) is 28.1 Å². The van der Waals surface area contributed by atoms with Crippen molar-refractivity contribution in [3.8, 4) is 0 Å². The number of ether oxygens (including phenoxy) is 1. The molecule has 0 unspecified atom stereocenters. The standard InChI is InChI=1S/C16H18Cl5NO2/c1-2-11-9-22(15(23)24-16(19,20)21)6-5-12(11)7-10-3-4-13(17)14(18)8-10/h3-4,8,11-12H,2,5-7,9H2,1H3/t11-,12-/m1/s1. The van der Waals surface area contributed by atoms with Crippen LogP contribution in [0.1, 0.15) is 25.3 Å². The van der Waals surface area contributed by atoms with Crippen LogP contribution in [0, 0.1) is 11.8 Å². The molecule has 1 aliphatic heterocycles. The number of halogens is 5. The first-order valence-corrected chi connectivity index (χ1v) is 9.57. The maximum absolute atomic E-state index is 12.0. The molecule has 0 aliphatic carbocycles. The van der Waals surface area contributed by atoms with Crippen molar-refractivity contribution in [2.24, 2.45) is 11.8 Å². The molecule has 1 fully saturated rings. The largest absolute Gasteiger partial charge is 0.413 e. The lowest BCUT2D eigenvalue weighted by Crippen LogP contribution is -2.45. The molecule has 0 spiro atoms. The number of hydrogen-bond donors (Lipinski definition) is 0. The van der Waals surface area contributed by atoms with E-state index in [-0.39, 0.29) is 0 Å². The number of likely N-dealkylation sites (tertiary alicyclic amines) is 1. The molecule has 134 valence electrons. The third kappa shape index (κ3) is 5.74. The zero-order chi connectivity index (χ0) is 17.9. The van der Waals surface area contributed by atoms with E-state index in [4.69, 9.17) is 62.7 Å². The van der Waals surface area contributed by atoms with Crippen molar-refractivity contribution >= 4 is 64.1 Å². The molecular formula is C16H18Cl5NO2. The van der Waals surface area contributed by atoms with Crippen molar-refractivity contribution in [1.29, 1.82) is 0 Å². The number of hydrogen-bond acceptors (Lipinski definition) is 2. The molecule has 1 aromatic rings. The minimum Gasteiger partial charge on any atom is -0.398 e. The van der Waals surface area contributed by atoms with Gasteiger partial charge in [-0.05, 0) is 77.2 Å². The number of carbonyl (C=O) groups is 1. The molecule has 24 heavy (non-hydrogen) atoms. The van der Waals surface area contributed by atoms with E-state index in [1.54, 1.807) is 4.90 Å². The highest BCUT2D eigenvalue weighted by Crippen LogP contribution is 2.33. The molecule has 1 amide bonds. The fraction of sp³-hybridized carbons (Fsp3) is 0.562. The first-order valence-electron chi connectivity index (χ1n) is 7.68. The Morgan fingerprint density at radius 1 is 1.25 bits per heavy atom. The Morgan fingerprint density at radius 2 is 1.96 bits per heavy atom. The van der Waals surface area contributed by atoms with Crippen molar-refractivity contribution in [2.75, 3.05) is 13.1 Å². The van der Waals surface area contributed by atoms with Crippen molar-refractivity contribution in [3.63, 3.8) is 0 Å². The highest BCUT2D eigenvalue weighted by molar-refractivity contribution is 6.66. The Balaban J connectivity index is 1.99. The molecule has 3 nitrogen and oxygen atoms in total. The van der Waals surface area contributed by atoms with Gasteiger partial charge in [0, 0.05) is 13.1 Å². The van der Waals surface area contributed by atoms with Crippen LogP contribution >= 0.6 is 58.0 Å². The van der Waals surface area contributed by atoms with Crippen LogP contribution in [0.2, 0.25) is 10.0 Å². The monoisotopic (exact) mass is 431 g/mol. The molecule has 1 heterocycles. The van der Waals surface area contributed by atoms with E-state index in [0.29, 0.717) is 35.0 Å². The van der Waals surface area contributed by atoms with Gasteiger partial charge in [-0.1, -0.05) is 42.6 Å². The van der Waals surface area contributed by atoms with Crippen molar-refractivity contribution in [3.05, 3.63) is 33.8 Å². The van der Waals surface area contributed by atoms with Crippen LogP contribution in [-0.2, 0) is 11.2 Å². The summed E-state index contributed by atoms with van der Waals surface area (Å²) in [6.07, 6.45) is 2.10. The van der Waals surface area contributed by atoms with Crippen LogP contribution in [0.4, 0.5) is 4.79 Å². The summed E-state index contributed by atoms with van der Waals surface area (Å²) in [5.74, 6) is 0.792. The van der Waals surface area contributed by atoms with Gasteiger partial charge in [-0.15, -0.1) is 0 Å². The second-order valence-electron chi connectivity index (χ2n) is 5.93. The Labute approximate surface area is 167 Å². The molecular weight excluding hydrogens is 415 g/mol. The average Bonchev–Trinajstić information content (AvgIpc) is 2.49. The van der Waals surface area contributed by atoms with Gasteiger partial charge in [0.2, 0.25) is 0 Å². The van der Waals surface area contributed by atoms with Gasteiger partial charge in [-0.3, -0.25) is 0 Å². The minimum absolute atomic E-state index is 0.344. The van der Waals surface area contributed by atoms with E-state index in [9.17, 15) is 4.79 Å². The molecule has 1 aromatic carbocycles. The quantitative estimate of drug-likeness (QED) is 0.520. The predicted molar refractivity (Wildman–Crippen MR) is 100 cm³/mol. The summed E-state index contributed by atoms with van der Waals surface area (Å²) in [7, 11) is 0. The summed E-state index contributed by atoms with van der Waals surface area (Å²) in [5, 5.41) is 1.11. The number of alkyl halides is 3. The van der Waals surface area contributed by atoms with Crippen molar-refractivity contribution < 1.29 is 9.53 Å². The van der Waals surface area contributed by atoms with Crippen LogP contribution in [0.25, 0.3) is 0 Å². The lowest BCUT2D eigenvalue weighted by atomic mass is 9.80. The Bertz CT molecular complexity index is 590. The Morgan fingerprint density at radius 3 is 2.54 bits per heavy atom. The van der Waals surface area contributed by atoms with Crippen LogP contribution in [0.5, 0.6) is 0 Å². The molecule has 0 radical (unpaired) electrons. The molecule has 0 saturated carbocycles. The average molecular weight is 434 g/mol. The van der Waals surface area contributed by atoms with Gasteiger partial charge < -0.3 is 9.64 Å². The van der Waals surface area contributed by atoms with E-state index in [1.165, 1.54) is 0 Å². The van der Waals surface area contributed by atoms with Crippen LogP contribution in [0.15, 0.2) is 18.2 Å². The van der Waals surface area contributed by atoms with E-state index in [2.05, 4.69) is 6.92 Å². The number of nitrogens with zero attached hydrogens (tertiary/aromatic N) is 1. The fourth-order valence-electron chi connectivity index (χ4n) is 3.11. The van der Waals surface area contributed by atoms with E-state index in [0.717, 1.165) is 24.8 Å². The van der Waals surface area contributed by atoms with Gasteiger partial charge in [0.25, 0.3) is 0 Å². The first kappa shape index (κ1) is 20.3. The number of amides is 1. The first-order chi connectivity index (χ1) is 11.2. The SMILES string of the molecule is CC[C@@H]1CN(C(=O)OC(Cl)(Cl)Cl)CC[C@@H]1Cc1ccc(Cl)c(Cl)c1. The highest BCUT2D eigenvalue weighted by Gasteiger charge is 2.34. The van der Waals surface area contributed by atoms with E-state index < -0.39 is 10.1 Å². The van der Waals surface area contributed by atoms with Gasteiger partial charge in [0.05, 0.1) is 10.0 Å². The normalized spacial score (nSPS) is 21.7. The second kappa shape index (κ2) is 8.55. The van der Waals surface area contributed by atoms with Gasteiger partial charge in [-0.2, -0.15) is 0 Å². The third-order valence-electron chi connectivity index (χ3n) is 4.36. The number of rotatable bonds is 3. The summed E-state index contributed by atoms with van der Waals surface area (Å²) in [6.45, 7) is 3.26. The summed E-state index contributed by atoms with van der Waals surface area (Å²) in [5.41, 5.74) is 1.14. The summed E-state index contributed by atoms with van der Waals surface area (Å²) >= 11 is 28.6. The third-order valence-corrected chi connectivity index (χ3v) is 5.33. The van der Waals surface area contributed by atoms with Crippen molar-refractivity contribution in [1.82, 2.24) is 4.90 Å². The van der Waals surface area contributed by atoms with Gasteiger partial charge in [-0.25, -0.2) is 4.79 Å². The topological polar surface area (TPSA) is 29.5 Å². The van der Waals surface area contributed by atoms with Gasteiger partial charge in [0.15, 0.2) is 0 Å². The Kier molecular flexibility index (Phi) is 7.21. The summed E-state index contributed by atoms with van der Waals surface area (Å²) in [6, 6.07) is 5.71. The molecule has 0 bridgehead atoms. The van der Waals surface area contributed by atoms with Crippen molar-refractivity contribution in [2.45, 2.75) is 30.2 Å². The van der Waals surface area contributed by atoms with Crippen LogP contribution < -0.4 is 0 Å². The molecule has 2 rings (SSSR count).